The van der Waals surface area contributed by atoms with Gasteiger partial charge in [0.25, 0.3) is 9.04 Å². The molecule has 0 amide bonds. The van der Waals surface area contributed by atoms with Crippen LogP contribution in [0.15, 0.2) is 28.9 Å². The average molecular weight is 226 g/mol. The normalized spacial score (nSPS) is 11.1. The molecule has 0 unspecified atom stereocenters. The molecule has 2 rings (SSSR count). The molecular formula is C10H10ClO2Si. The number of halogens is 1. The molecule has 4 heteroatoms. The second-order valence-corrected chi connectivity index (χ2v) is 5.68. The topological polar surface area (TPSA) is 22.4 Å². The first-order valence-corrected chi connectivity index (χ1v) is 7.10. The predicted octanol–water partition coefficient (Wildman–Crippen LogP) is 3.72. The van der Waals surface area contributed by atoms with Gasteiger partial charge in [-0.1, -0.05) is 11.6 Å². The van der Waals surface area contributed by atoms with Crippen molar-refractivity contribution in [3.63, 3.8) is 0 Å². The summed E-state index contributed by atoms with van der Waals surface area (Å²) < 4.78 is 10.9. The van der Waals surface area contributed by atoms with E-state index >= 15 is 0 Å². The molecule has 0 saturated carbocycles. The lowest BCUT2D eigenvalue weighted by Crippen LogP contribution is -2.10. The third kappa shape index (κ3) is 1.78. The standard InChI is InChI=1S/C10H10ClO2Si/c1-14(2)13-8-5-7-3-4-12-10(7)9(11)6-8/h3-6H,1-2H3. The summed E-state index contributed by atoms with van der Waals surface area (Å²) in [4.78, 5) is 0. The predicted molar refractivity (Wildman–Crippen MR) is 59.3 cm³/mol. The van der Waals surface area contributed by atoms with Gasteiger partial charge in [0.15, 0.2) is 5.58 Å². The zero-order valence-corrected chi connectivity index (χ0v) is 9.76. The van der Waals surface area contributed by atoms with Gasteiger partial charge >= 0.3 is 0 Å². The lowest BCUT2D eigenvalue weighted by Gasteiger charge is -2.08. The molecule has 0 aliphatic rings. The van der Waals surface area contributed by atoms with Crippen LogP contribution in [0.3, 0.4) is 0 Å². The molecule has 0 fully saturated rings. The fourth-order valence-corrected chi connectivity index (χ4v) is 2.16. The van der Waals surface area contributed by atoms with Crippen molar-refractivity contribution < 1.29 is 8.84 Å². The van der Waals surface area contributed by atoms with Crippen LogP contribution in [0, 0.1) is 0 Å². The maximum atomic E-state index is 6.02. The highest BCUT2D eigenvalue weighted by atomic mass is 35.5. The van der Waals surface area contributed by atoms with E-state index < -0.39 is 9.04 Å². The summed E-state index contributed by atoms with van der Waals surface area (Å²) in [5, 5.41) is 1.58. The highest BCUT2D eigenvalue weighted by Crippen LogP contribution is 2.29. The van der Waals surface area contributed by atoms with Crippen LogP contribution < -0.4 is 4.43 Å². The van der Waals surface area contributed by atoms with Crippen LogP contribution in [0.5, 0.6) is 5.75 Å². The Labute approximate surface area is 89.2 Å². The van der Waals surface area contributed by atoms with Crippen LogP contribution in [0.4, 0.5) is 0 Å². The smallest absolute Gasteiger partial charge is 0.274 e. The van der Waals surface area contributed by atoms with Crippen molar-refractivity contribution >= 4 is 31.6 Å². The summed E-state index contributed by atoms with van der Waals surface area (Å²) in [6, 6.07) is 5.62. The molecule has 2 nitrogen and oxygen atoms in total. The van der Waals surface area contributed by atoms with Gasteiger partial charge in [-0.3, -0.25) is 0 Å². The van der Waals surface area contributed by atoms with E-state index in [4.69, 9.17) is 20.4 Å². The first-order valence-electron chi connectivity index (χ1n) is 4.31. The van der Waals surface area contributed by atoms with Gasteiger partial charge in [-0.25, -0.2) is 0 Å². The number of furan rings is 1. The van der Waals surface area contributed by atoms with Gasteiger partial charge in [0.2, 0.25) is 0 Å². The van der Waals surface area contributed by atoms with E-state index in [0.717, 1.165) is 16.7 Å². The van der Waals surface area contributed by atoms with E-state index in [-0.39, 0.29) is 0 Å². The van der Waals surface area contributed by atoms with Gasteiger partial charge in [0, 0.05) is 11.5 Å². The summed E-state index contributed by atoms with van der Waals surface area (Å²) in [6.45, 7) is 4.16. The second-order valence-electron chi connectivity index (χ2n) is 3.25. The lowest BCUT2D eigenvalue weighted by atomic mass is 10.2. The highest BCUT2D eigenvalue weighted by Gasteiger charge is 2.07. The van der Waals surface area contributed by atoms with Gasteiger partial charge in [-0.15, -0.1) is 0 Å². The largest absolute Gasteiger partial charge is 0.543 e. The molecule has 0 aliphatic carbocycles. The van der Waals surface area contributed by atoms with Crippen molar-refractivity contribution in [2.75, 3.05) is 0 Å². The minimum absolute atomic E-state index is 0.603. The van der Waals surface area contributed by atoms with E-state index in [0.29, 0.717) is 5.02 Å². The van der Waals surface area contributed by atoms with Crippen LogP contribution in [0.2, 0.25) is 18.1 Å². The van der Waals surface area contributed by atoms with Crippen molar-refractivity contribution in [2.45, 2.75) is 13.1 Å². The maximum Gasteiger partial charge on any atom is 0.274 e. The first kappa shape index (κ1) is 9.62. The minimum Gasteiger partial charge on any atom is -0.543 e. The molecule has 0 saturated heterocycles. The number of hydrogen-bond acceptors (Lipinski definition) is 2. The molecule has 0 N–H and O–H groups in total. The van der Waals surface area contributed by atoms with Gasteiger partial charge in [-0.2, -0.15) is 0 Å². The third-order valence-corrected chi connectivity index (χ3v) is 2.73. The fourth-order valence-electron chi connectivity index (χ4n) is 1.31. The Hall–Kier alpha value is -0.933. The summed E-state index contributed by atoms with van der Waals surface area (Å²) in [5.41, 5.74) is 0.722. The number of benzene rings is 1. The Morgan fingerprint density at radius 3 is 2.86 bits per heavy atom. The third-order valence-electron chi connectivity index (χ3n) is 1.80. The van der Waals surface area contributed by atoms with Gasteiger partial charge in [-0.05, 0) is 25.2 Å². The van der Waals surface area contributed by atoms with Crippen LogP contribution >= 0.6 is 11.6 Å². The molecule has 0 spiro atoms. The summed E-state index contributed by atoms with van der Waals surface area (Å²) >= 11 is 6.02. The Morgan fingerprint density at radius 2 is 2.14 bits per heavy atom. The number of hydrogen-bond donors (Lipinski definition) is 0. The Kier molecular flexibility index (Phi) is 2.52. The summed E-state index contributed by atoms with van der Waals surface area (Å²) in [7, 11) is -0.744. The van der Waals surface area contributed by atoms with Crippen molar-refractivity contribution in [3.05, 3.63) is 29.5 Å². The SMILES string of the molecule is C[Si](C)Oc1cc(Cl)c2occc2c1. The van der Waals surface area contributed by atoms with Crippen LogP contribution in [0.25, 0.3) is 11.0 Å². The monoisotopic (exact) mass is 225 g/mol. The highest BCUT2D eigenvalue weighted by molar-refractivity contribution is 6.49. The van der Waals surface area contributed by atoms with E-state index in [2.05, 4.69) is 13.1 Å². The zero-order valence-electron chi connectivity index (χ0n) is 8.00. The van der Waals surface area contributed by atoms with E-state index in [1.165, 1.54) is 0 Å². The van der Waals surface area contributed by atoms with E-state index in [1.54, 1.807) is 12.3 Å². The molecule has 14 heavy (non-hydrogen) atoms. The zero-order chi connectivity index (χ0) is 10.1. The molecule has 2 aromatic rings. The molecule has 1 radical (unpaired) electrons. The van der Waals surface area contributed by atoms with E-state index in [1.807, 2.05) is 12.1 Å². The Balaban J connectivity index is 2.47. The van der Waals surface area contributed by atoms with Crippen molar-refractivity contribution in [1.82, 2.24) is 0 Å². The van der Waals surface area contributed by atoms with Crippen molar-refractivity contribution in [1.29, 1.82) is 0 Å². The van der Waals surface area contributed by atoms with Gasteiger partial charge < -0.3 is 8.84 Å². The fraction of sp³-hybridized carbons (Fsp3) is 0.200. The average Bonchev–Trinajstić information content (AvgIpc) is 2.50. The van der Waals surface area contributed by atoms with E-state index in [9.17, 15) is 0 Å². The number of rotatable bonds is 2. The molecule has 1 heterocycles. The minimum atomic E-state index is -0.744. The number of fused-ring (bicyclic) bond motifs is 1. The maximum absolute atomic E-state index is 6.02. The first-order chi connectivity index (χ1) is 6.66. The molecular weight excluding hydrogens is 216 g/mol. The molecule has 1 aromatic heterocycles. The molecule has 0 aliphatic heterocycles. The summed E-state index contributed by atoms with van der Waals surface area (Å²) in [6.07, 6.45) is 1.63. The van der Waals surface area contributed by atoms with Crippen LogP contribution in [0.1, 0.15) is 0 Å². The van der Waals surface area contributed by atoms with Gasteiger partial charge in [0.05, 0.1) is 11.3 Å². The van der Waals surface area contributed by atoms with Crippen LogP contribution in [-0.2, 0) is 0 Å². The quantitative estimate of drug-likeness (QED) is 0.727. The molecule has 0 atom stereocenters. The summed E-state index contributed by atoms with van der Waals surface area (Å²) in [5.74, 6) is 0.822. The molecule has 1 aromatic carbocycles. The van der Waals surface area contributed by atoms with Crippen molar-refractivity contribution in [3.8, 4) is 5.75 Å². The Bertz CT molecular complexity index is 450. The second kappa shape index (κ2) is 3.67. The van der Waals surface area contributed by atoms with Crippen molar-refractivity contribution in [2.24, 2.45) is 0 Å². The van der Waals surface area contributed by atoms with Crippen LogP contribution in [-0.4, -0.2) is 9.04 Å². The van der Waals surface area contributed by atoms with Gasteiger partial charge in [0.1, 0.15) is 5.75 Å². The Morgan fingerprint density at radius 1 is 1.36 bits per heavy atom. The molecule has 73 valence electrons. The molecule has 0 bridgehead atoms. The lowest BCUT2D eigenvalue weighted by molar-refractivity contribution is 0.580.